The Morgan fingerprint density at radius 2 is 2.00 bits per heavy atom. The summed E-state index contributed by atoms with van der Waals surface area (Å²) < 4.78 is 5.37. The average molecular weight is 192 g/mol. The molecule has 1 unspecified atom stereocenters. The van der Waals surface area contributed by atoms with Gasteiger partial charge in [-0.1, -0.05) is 32.9 Å². The first-order valence-electron chi connectivity index (χ1n) is 5.39. The molecule has 0 aliphatic heterocycles. The fraction of sp³-hybridized carbons (Fsp3) is 0.538. The molecule has 14 heavy (non-hydrogen) atoms. The largest absolute Gasteiger partial charge is 0.496 e. The first-order chi connectivity index (χ1) is 6.72. The minimum Gasteiger partial charge on any atom is -0.496 e. The Labute approximate surface area is 87.1 Å². The van der Waals surface area contributed by atoms with Gasteiger partial charge in [-0.15, -0.1) is 0 Å². The SMILES string of the molecule is CCc1ccc(C(C)CC)cc1OC. The molecule has 1 heteroatoms. The predicted molar refractivity (Wildman–Crippen MR) is 61.1 cm³/mol. The topological polar surface area (TPSA) is 9.23 Å². The van der Waals surface area contributed by atoms with Crippen LogP contribution in [0.4, 0.5) is 0 Å². The number of ether oxygens (including phenoxy) is 1. The number of hydrogen-bond donors (Lipinski definition) is 0. The van der Waals surface area contributed by atoms with Crippen LogP contribution in [0.15, 0.2) is 18.2 Å². The van der Waals surface area contributed by atoms with E-state index in [9.17, 15) is 0 Å². The van der Waals surface area contributed by atoms with Crippen LogP contribution in [0.25, 0.3) is 0 Å². The summed E-state index contributed by atoms with van der Waals surface area (Å²) in [7, 11) is 1.74. The number of methoxy groups -OCH3 is 1. The highest BCUT2D eigenvalue weighted by Crippen LogP contribution is 2.26. The van der Waals surface area contributed by atoms with Crippen LogP contribution in [-0.2, 0) is 6.42 Å². The Bertz CT molecular complexity index is 291. The Hall–Kier alpha value is -0.980. The van der Waals surface area contributed by atoms with E-state index in [0.717, 1.165) is 12.2 Å². The lowest BCUT2D eigenvalue weighted by atomic mass is 9.96. The van der Waals surface area contributed by atoms with Crippen molar-refractivity contribution in [3.63, 3.8) is 0 Å². The molecule has 0 aliphatic carbocycles. The van der Waals surface area contributed by atoms with Crippen molar-refractivity contribution in [2.45, 2.75) is 39.5 Å². The molecule has 0 amide bonds. The number of aryl methyl sites for hydroxylation is 1. The van der Waals surface area contributed by atoms with Crippen LogP contribution in [0.1, 0.15) is 44.2 Å². The highest BCUT2D eigenvalue weighted by Gasteiger charge is 2.06. The zero-order valence-electron chi connectivity index (χ0n) is 9.63. The van der Waals surface area contributed by atoms with E-state index in [0.29, 0.717) is 5.92 Å². The molecule has 0 aliphatic rings. The normalized spacial score (nSPS) is 12.6. The lowest BCUT2D eigenvalue weighted by Crippen LogP contribution is -1.96. The van der Waals surface area contributed by atoms with Crippen LogP contribution in [-0.4, -0.2) is 7.11 Å². The van der Waals surface area contributed by atoms with E-state index in [4.69, 9.17) is 4.74 Å². The fourth-order valence-corrected chi connectivity index (χ4v) is 1.60. The summed E-state index contributed by atoms with van der Waals surface area (Å²) in [5.74, 6) is 1.65. The van der Waals surface area contributed by atoms with Gasteiger partial charge >= 0.3 is 0 Å². The molecule has 0 aromatic heterocycles. The molecule has 0 fully saturated rings. The van der Waals surface area contributed by atoms with Crippen molar-refractivity contribution in [1.29, 1.82) is 0 Å². The monoisotopic (exact) mass is 192 g/mol. The Kier molecular flexibility index (Phi) is 3.99. The van der Waals surface area contributed by atoms with Gasteiger partial charge in [-0.25, -0.2) is 0 Å². The van der Waals surface area contributed by atoms with Crippen molar-refractivity contribution in [1.82, 2.24) is 0 Å². The van der Waals surface area contributed by atoms with Gasteiger partial charge in [0.05, 0.1) is 7.11 Å². The van der Waals surface area contributed by atoms with Crippen LogP contribution >= 0.6 is 0 Å². The van der Waals surface area contributed by atoms with Gasteiger partial charge in [0, 0.05) is 0 Å². The highest BCUT2D eigenvalue weighted by atomic mass is 16.5. The summed E-state index contributed by atoms with van der Waals surface area (Å²) >= 11 is 0. The van der Waals surface area contributed by atoms with Gasteiger partial charge in [0.2, 0.25) is 0 Å². The summed E-state index contributed by atoms with van der Waals surface area (Å²) in [5, 5.41) is 0. The molecule has 0 radical (unpaired) electrons. The van der Waals surface area contributed by atoms with Crippen molar-refractivity contribution in [2.24, 2.45) is 0 Å². The minimum absolute atomic E-state index is 0.620. The number of hydrogen-bond acceptors (Lipinski definition) is 1. The average Bonchev–Trinajstić information content (AvgIpc) is 2.26. The third kappa shape index (κ3) is 2.28. The van der Waals surface area contributed by atoms with Crippen molar-refractivity contribution >= 4 is 0 Å². The lowest BCUT2D eigenvalue weighted by Gasteiger charge is -2.13. The molecule has 0 spiro atoms. The van der Waals surface area contributed by atoms with Crippen molar-refractivity contribution in [3.05, 3.63) is 29.3 Å². The van der Waals surface area contributed by atoms with Gasteiger partial charge in [-0.2, -0.15) is 0 Å². The second-order valence-corrected chi connectivity index (χ2v) is 3.73. The maximum atomic E-state index is 5.37. The molecular weight excluding hydrogens is 172 g/mol. The zero-order chi connectivity index (χ0) is 10.6. The zero-order valence-corrected chi connectivity index (χ0v) is 9.63. The maximum absolute atomic E-state index is 5.37. The second-order valence-electron chi connectivity index (χ2n) is 3.73. The summed E-state index contributed by atoms with van der Waals surface area (Å²) in [4.78, 5) is 0. The van der Waals surface area contributed by atoms with Crippen LogP contribution in [0.5, 0.6) is 5.75 Å². The third-order valence-corrected chi connectivity index (χ3v) is 2.87. The molecule has 1 aromatic carbocycles. The summed E-state index contributed by atoms with van der Waals surface area (Å²) in [6.07, 6.45) is 2.21. The maximum Gasteiger partial charge on any atom is 0.122 e. The molecule has 1 rings (SSSR count). The Morgan fingerprint density at radius 3 is 2.50 bits per heavy atom. The second kappa shape index (κ2) is 5.04. The van der Waals surface area contributed by atoms with E-state index in [1.165, 1.54) is 17.5 Å². The van der Waals surface area contributed by atoms with Gasteiger partial charge in [-0.3, -0.25) is 0 Å². The van der Waals surface area contributed by atoms with Crippen LogP contribution in [0.2, 0.25) is 0 Å². The van der Waals surface area contributed by atoms with Gasteiger partial charge in [0.15, 0.2) is 0 Å². The molecule has 1 aromatic rings. The quantitative estimate of drug-likeness (QED) is 0.705. The van der Waals surface area contributed by atoms with Gasteiger partial charge < -0.3 is 4.74 Å². The van der Waals surface area contributed by atoms with Crippen molar-refractivity contribution in [2.75, 3.05) is 7.11 Å². The predicted octanol–water partition coefficient (Wildman–Crippen LogP) is 3.77. The standard InChI is InChI=1S/C13H20O/c1-5-10(3)12-8-7-11(6-2)13(9-12)14-4/h7-10H,5-6H2,1-4H3. The van der Waals surface area contributed by atoms with E-state index >= 15 is 0 Å². The molecule has 1 atom stereocenters. The first kappa shape index (κ1) is 11.1. The van der Waals surface area contributed by atoms with Crippen LogP contribution < -0.4 is 4.74 Å². The smallest absolute Gasteiger partial charge is 0.122 e. The third-order valence-electron chi connectivity index (χ3n) is 2.87. The van der Waals surface area contributed by atoms with Crippen LogP contribution in [0, 0.1) is 0 Å². The molecule has 0 heterocycles. The Balaban J connectivity index is 3.01. The minimum atomic E-state index is 0.620. The fourth-order valence-electron chi connectivity index (χ4n) is 1.60. The summed E-state index contributed by atoms with van der Waals surface area (Å²) in [5.41, 5.74) is 2.67. The van der Waals surface area contributed by atoms with E-state index in [1.54, 1.807) is 7.11 Å². The molecule has 0 N–H and O–H groups in total. The molecule has 0 bridgehead atoms. The van der Waals surface area contributed by atoms with Crippen LogP contribution in [0.3, 0.4) is 0 Å². The Morgan fingerprint density at radius 1 is 1.29 bits per heavy atom. The first-order valence-corrected chi connectivity index (χ1v) is 5.39. The van der Waals surface area contributed by atoms with Crippen molar-refractivity contribution in [3.8, 4) is 5.75 Å². The van der Waals surface area contributed by atoms with Crippen molar-refractivity contribution < 1.29 is 4.74 Å². The van der Waals surface area contributed by atoms with E-state index < -0.39 is 0 Å². The van der Waals surface area contributed by atoms with Gasteiger partial charge in [0.1, 0.15) is 5.75 Å². The van der Waals surface area contributed by atoms with E-state index in [1.807, 2.05) is 0 Å². The lowest BCUT2D eigenvalue weighted by molar-refractivity contribution is 0.409. The number of rotatable bonds is 4. The molecule has 0 saturated carbocycles. The molecule has 0 saturated heterocycles. The summed E-state index contributed by atoms with van der Waals surface area (Å²) in [6, 6.07) is 6.57. The number of benzene rings is 1. The molecule has 1 nitrogen and oxygen atoms in total. The molecular formula is C13H20O. The van der Waals surface area contributed by atoms with E-state index in [-0.39, 0.29) is 0 Å². The van der Waals surface area contributed by atoms with Gasteiger partial charge in [0.25, 0.3) is 0 Å². The molecule has 78 valence electrons. The van der Waals surface area contributed by atoms with Gasteiger partial charge in [-0.05, 0) is 36.0 Å². The summed E-state index contributed by atoms with van der Waals surface area (Å²) in [6.45, 7) is 6.62. The van der Waals surface area contributed by atoms with E-state index in [2.05, 4.69) is 39.0 Å². The highest BCUT2D eigenvalue weighted by molar-refractivity contribution is 5.38.